The Labute approximate surface area is 870 Å². The zero-order valence-electron chi connectivity index (χ0n) is 84.5. The van der Waals surface area contributed by atoms with Crippen molar-refractivity contribution in [1.82, 2.24) is 25.1 Å². The molecule has 9 aliphatic heterocycles. The number of hydroxylamine groups is 1. The molecule has 748 valence electrons. The van der Waals surface area contributed by atoms with Crippen LogP contribution in [0.5, 0.6) is 0 Å². The Morgan fingerprint density at radius 2 is 0.725 bits per heavy atom. The number of carbonyl (C=O) groups is 8. The van der Waals surface area contributed by atoms with Crippen LogP contribution in [0.2, 0.25) is 0 Å². The molecule has 3 amide bonds. The van der Waals surface area contributed by atoms with Gasteiger partial charge in [-0.25, -0.2) is 15.1 Å². The normalized spacial score (nSPS) is 19.0. The molecule has 25 heteroatoms. The number of aryl methyl sites for hydroxylation is 2. The number of amides is 3. The molecule has 21 rings (SSSR count). The summed E-state index contributed by atoms with van der Waals surface area (Å²) in [4.78, 5) is 109. The summed E-state index contributed by atoms with van der Waals surface area (Å²) in [6.07, 6.45) is 39.3. The molecule has 0 radical (unpaired) electrons. The fraction of sp³-hybridized carbons (Fsp3) is 0.419. The van der Waals surface area contributed by atoms with Gasteiger partial charge in [0.25, 0.3) is 11.9 Å². The van der Waals surface area contributed by atoms with E-state index in [0.29, 0.717) is 29.5 Å². The van der Waals surface area contributed by atoms with E-state index in [-0.39, 0.29) is 66.9 Å². The summed E-state index contributed by atoms with van der Waals surface area (Å²) in [7, 11) is 6.70. The predicted octanol–water partition coefficient (Wildman–Crippen LogP) is 15.5. The van der Waals surface area contributed by atoms with Crippen molar-refractivity contribution < 1.29 is 78.4 Å². The molecule has 3 aliphatic carbocycles. The number of aldehydes is 1. The first-order valence-electron chi connectivity index (χ1n) is 50.7. The molecule has 2 saturated carbocycles. The molecule has 12 aliphatic rings. The maximum absolute atomic E-state index is 12.5. The Bertz CT molecular complexity index is 5480. The molecule has 4 atom stereocenters. The standard InChI is InChI=1S/C24H28N2O2.C23H27N3O2.C14H18N2O.C14H17NO.C14H19N.C11H10O3.C9H10.C6H10ClNO.C2H4O2.Al.Li.4H/c1-28-24(27)13-12-19-8-10-20(11-9-19)17-25-15-4-6-22(25)18-26-16-14-21-5-2-3-7-23(21)26;27-23(24-28)12-11-18-7-9-19(10-8-18)16-25-14-3-5-21(25)17-26-15-13-20-4-1-2-6-22(20)26;1-15-9-4-7-13(15)14(17)16-10-8-11-5-2-3-6-12(11)16;16-14(12-6-1-2-7-12)15-10-9-11-5-3-4-8-13(11)15;1-2-6-12(5-1)11-15-10-9-13-7-3-4-8-14(13)15;1-14-11(13)7-6-9-2-4-10(8-12)5-3-9;1-2-5-9-7-3-6-8(9)4-1;1-8-4-2-3-5(8)6(7)9;1-2(3)4;;;;;;/h2-3,5,7-13,22H,4,6,14-18H2,1H3;1-2,4,6-12,21,28H,3,5,13-17H2,(H,24,27);2-3,5-6,13H,4,7-10H2,1H3;3-5,8,12H,1-2,6-7,9-10H2;3-4,7-8,12H,1-2,5-6,9-11H2;2-8H,1H3;1-2,4-5H,3,6-7H2;5H,2-4H2,1H3;1H3,(H,3,4);;;;;;/q;;;;;;;;;;+1;;;;-1/b13-12+;12-11+;;;;7-6+;;;;;;;;;/t22-;21-;13-;;;;;5-;;;;;;;/m000....0......./s1. The number of rotatable bonds is 20. The first kappa shape index (κ1) is 111. The van der Waals surface area contributed by atoms with Crippen LogP contribution in [0.1, 0.15) is 195 Å². The molecule has 4 saturated heterocycles. The van der Waals surface area contributed by atoms with Crippen LogP contribution in [0.3, 0.4) is 0 Å². The average molecular weight is 1950 g/mol. The van der Waals surface area contributed by atoms with E-state index < -0.39 is 17.8 Å². The van der Waals surface area contributed by atoms with E-state index in [1.54, 1.807) is 64.7 Å². The SMILES string of the molecule is CC(=O)O.CN1CCC[C@H]1C(=O)Cl.CN1CCC[C@H]1C(=O)N1CCc2ccccc21.COC(=O)/C=C/c1ccc(C=O)cc1.COC(=O)/C=C/c1ccc(CN2CCC[C@H]2CN2CCc3ccccc32)cc1.O=C(/C=C/c1ccc(CN2CCC[C@H]2CN2CCc3ccccc32)cc1)NO.O=C(C1CCCC1)N1CCc2ccccc21.[AlH3].[H-].[Li+].c1ccc2c(c1)CCC2.c1ccc2c(c1)CCN2CC1CCCC1. The van der Waals surface area contributed by atoms with Gasteiger partial charge in [-0.1, -0.05) is 214 Å². The Morgan fingerprint density at radius 1 is 0.387 bits per heavy atom. The molecule has 9 aromatic carbocycles. The second-order valence-electron chi connectivity index (χ2n) is 38.4. The third-order valence-electron chi connectivity index (χ3n) is 28.9. The van der Waals surface area contributed by atoms with Gasteiger partial charge in [-0.05, 0) is 302 Å². The van der Waals surface area contributed by atoms with Gasteiger partial charge in [0.05, 0.1) is 26.3 Å². The van der Waals surface area contributed by atoms with Crippen LogP contribution in [0.25, 0.3) is 18.2 Å². The molecular formula is C117H147AlClLiN10O12. The number of ether oxygens (including phenoxy) is 2. The van der Waals surface area contributed by atoms with E-state index in [1.165, 1.54) is 199 Å². The zero-order chi connectivity index (χ0) is 98.5. The van der Waals surface area contributed by atoms with E-state index in [2.05, 4.69) is 216 Å². The van der Waals surface area contributed by atoms with Crippen LogP contribution in [-0.2, 0) is 101 Å². The van der Waals surface area contributed by atoms with Crippen molar-refractivity contribution >= 4 is 123 Å². The summed E-state index contributed by atoms with van der Waals surface area (Å²) in [6.45, 7) is 16.2. The number of esters is 2. The summed E-state index contributed by atoms with van der Waals surface area (Å²) >= 11 is 5.30. The molecule has 0 unspecified atom stereocenters. The van der Waals surface area contributed by atoms with Crippen molar-refractivity contribution in [2.75, 3.05) is 131 Å². The Kier molecular flexibility index (Phi) is 45.5. The summed E-state index contributed by atoms with van der Waals surface area (Å²) < 4.78 is 9.07. The van der Waals surface area contributed by atoms with Crippen molar-refractivity contribution in [3.8, 4) is 0 Å². The number of likely N-dealkylation sites (N-methyl/N-ethyl adjacent to an activating group) is 2. The van der Waals surface area contributed by atoms with Gasteiger partial charge in [0.15, 0.2) is 17.4 Å². The first-order valence-corrected chi connectivity index (χ1v) is 51.1. The van der Waals surface area contributed by atoms with Crippen LogP contribution >= 0.6 is 11.6 Å². The van der Waals surface area contributed by atoms with Gasteiger partial charge in [0, 0.05) is 143 Å². The molecule has 142 heavy (non-hydrogen) atoms. The number of para-hydroxylation sites is 5. The van der Waals surface area contributed by atoms with Crippen LogP contribution in [0, 0.1) is 11.8 Å². The smallest absolute Gasteiger partial charge is 1.00 e. The predicted molar refractivity (Wildman–Crippen MR) is 574 cm³/mol. The van der Waals surface area contributed by atoms with Gasteiger partial charge in [0.2, 0.25) is 17.1 Å². The van der Waals surface area contributed by atoms with Gasteiger partial charge in [-0.3, -0.25) is 53.6 Å². The number of hydrogen-bond donors (Lipinski definition) is 3. The zero-order valence-corrected chi connectivity index (χ0v) is 84.3. The summed E-state index contributed by atoms with van der Waals surface area (Å²) in [5, 5.41) is 15.7. The number of likely N-dealkylation sites (tertiary alicyclic amines) is 4. The van der Waals surface area contributed by atoms with E-state index in [4.69, 9.17) is 26.7 Å². The first-order chi connectivity index (χ1) is 68.2. The van der Waals surface area contributed by atoms with E-state index in [0.717, 1.165) is 177 Å². The van der Waals surface area contributed by atoms with Gasteiger partial charge in [-0.15, -0.1) is 0 Å². The second kappa shape index (κ2) is 58.1. The topological polar surface area (TPSA) is 237 Å². The maximum Gasteiger partial charge on any atom is 1.00 e. The minimum atomic E-state index is -0.833. The van der Waals surface area contributed by atoms with Crippen LogP contribution in [0.15, 0.2) is 237 Å². The number of methoxy groups -OCH3 is 2. The van der Waals surface area contributed by atoms with Crippen molar-refractivity contribution in [3.05, 3.63) is 309 Å². The van der Waals surface area contributed by atoms with Crippen molar-refractivity contribution in [3.63, 3.8) is 0 Å². The summed E-state index contributed by atoms with van der Waals surface area (Å²) in [5.74, 6) is -0.163. The summed E-state index contributed by atoms with van der Waals surface area (Å²) in [5.41, 5.74) is 24.5. The molecule has 3 N–H and O–H groups in total. The van der Waals surface area contributed by atoms with Crippen molar-refractivity contribution in [2.24, 2.45) is 11.8 Å². The average Bonchev–Trinajstić information content (AvgIpc) is 1.65. The van der Waals surface area contributed by atoms with Crippen molar-refractivity contribution in [2.45, 2.75) is 198 Å². The van der Waals surface area contributed by atoms with E-state index in [1.807, 2.05) is 46.0 Å². The number of halogens is 1. The van der Waals surface area contributed by atoms with Crippen LogP contribution in [-0.4, -0.2) is 225 Å². The fourth-order valence-corrected chi connectivity index (χ4v) is 21.6. The fourth-order valence-electron chi connectivity index (χ4n) is 21.4. The van der Waals surface area contributed by atoms with E-state index in [9.17, 15) is 33.6 Å². The molecule has 0 aromatic heterocycles. The molecular weight excluding hydrogens is 1810 g/mol. The molecule has 0 spiro atoms. The van der Waals surface area contributed by atoms with Gasteiger partial charge >= 0.3 is 30.8 Å². The van der Waals surface area contributed by atoms with Crippen LogP contribution in [0.4, 0.5) is 28.4 Å². The Morgan fingerprint density at radius 3 is 1.11 bits per heavy atom. The minimum absolute atomic E-state index is 0. The molecule has 6 fully saturated rings. The number of nitrogens with one attached hydrogen (secondary N) is 1. The third kappa shape index (κ3) is 33.0. The third-order valence-corrected chi connectivity index (χ3v) is 29.2. The molecule has 22 nitrogen and oxygen atoms in total. The Balaban J connectivity index is 0.000000171. The summed E-state index contributed by atoms with van der Waals surface area (Å²) in [6, 6.07) is 76.7. The van der Waals surface area contributed by atoms with Crippen LogP contribution < -0.4 is 48.8 Å². The van der Waals surface area contributed by atoms with Gasteiger partial charge in [-0.2, -0.15) is 0 Å². The second-order valence-corrected chi connectivity index (χ2v) is 38.8. The number of carboxylic acids is 1. The molecule has 9 heterocycles. The van der Waals surface area contributed by atoms with Gasteiger partial charge in [0.1, 0.15) is 6.29 Å². The number of benzene rings is 9. The minimum Gasteiger partial charge on any atom is -1.00 e. The molecule has 9 aromatic rings. The number of carbonyl (C=O) groups excluding carboxylic acids is 7. The quantitative estimate of drug-likeness (QED) is 0.0122. The monoisotopic (exact) mass is 1950 g/mol. The number of nitrogens with zero attached hydrogens (tertiary/aromatic N) is 9. The Hall–Kier alpha value is -11.0. The number of hydrogen-bond acceptors (Lipinski definition) is 18. The number of anilines is 5. The number of fused-ring (bicyclic) bond motifs is 6. The van der Waals surface area contributed by atoms with Gasteiger partial charge < -0.3 is 40.5 Å². The number of aliphatic carboxylic acids is 1. The maximum atomic E-state index is 12.5. The molecule has 0 bridgehead atoms. The van der Waals surface area contributed by atoms with E-state index >= 15 is 0 Å². The number of carboxylic acid groups (broad SMARTS) is 1. The largest absolute Gasteiger partial charge is 1.00 e. The van der Waals surface area contributed by atoms with Crippen molar-refractivity contribution in [1.29, 1.82) is 0 Å².